The molecule has 1 heterocycles. The SMILES string of the molecule is CN=C(NCC(=O)NC1CCCCC1)NCC1COc2ccccc2O1. The van der Waals surface area contributed by atoms with Crippen LogP contribution in [0.5, 0.6) is 11.5 Å². The summed E-state index contributed by atoms with van der Waals surface area (Å²) in [4.78, 5) is 16.2. The molecule has 0 bridgehead atoms. The Balaban J connectivity index is 1.37. The Kier molecular flexibility index (Phi) is 6.57. The molecule has 1 fully saturated rings. The number of hydrogen-bond acceptors (Lipinski definition) is 4. The first-order valence-corrected chi connectivity index (χ1v) is 9.37. The number of aliphatic imine (C=N–C) groups is 1. The molecule has 3 rings (SSSR count). The van der Waals surface area contributed by atoms with E-state index in [9.17, 15) is 4.79 Å². The molecule has 1 atom stereocenters. The van der Waals surface area contributed by atoms with Crippen LogP contribution in [0.3, 0.4) is 0 Å². The van der Waals surface area contributed by atoms with Crippen LogP contribution in [0.1, 0.15) is 32.1 Å². The van der Waals surface area contributed by atoms with Crippen molar-refractivity contribution in [1.29, 1.82) is 0 Å². The molecule has 1 aromatic carbocycles. The van der Waals surface area contributed by atoms with Crippen LogP contribution in [-0.2, 0) is 4.79 Å². The molecule has 0 aromatic heterocycles. The Labute approximate surface area is 154 Å². The number of benzene rings is 1. The van der Waals surface area contributed by atoms with E-state index in [2.05, 4.69) is 20.9 Å². The molecule has 7 nitrogen and oxygen atoms in total. The van der Waals surface area contributed by atoms with Crippen molar-refractivity contribution in [2.75, 3.05) is 26.7 Å². The van der Waals surface area contributed by atoms with Crippen LogP contribution in [-0.4, -0.2) is 50.8 Å². The standard InChI is InChI=1S/C19H28N4O3/c1-20-19(22-12-18(24)23-14-7-3-2-4-8-14)21-11-15-13-25-16-9-5-6-10-17(16)26-15/h5-6,9-10,14-15H,2-4,7-8,11-13H2,1H3,(H,23,24)(H2,20,21,22). The molecule has 0 saturated heterocycles. The third-order valence-corrected chi connectivity index (χ3v) is 4.67. The van der Waals surface area contributed by atoms with E-state index in [1.54, 1.807) is 7.05 Å². The molecule has 0 radical (unpaired) electrons. The van der Waals surface area contributed by atoms with E-state index >= 15 is 0 Å². The van der Waals surface area contributed by atoms with Crippen LogP contribution in [0.15, 0.2) is 29.3 Å². The van der Waals surface area contributed by atoms with Crippen molar-refractivity contribution in [3.8, 4) is 11.5 Å². The van der Waals surface area contributed by atoms with Crippen LogP contribution >= 0.6 is 0 Å². The Morgan fingerprint density at radius 3 is 2.69 bits per heavy atom. The van der Waals surface area contributed by atoms with Crippen molar-refractivity contribution in [2.45, 2.75) is 44.2 Å². The predicted molar refractivity (Wildman–Crippen MR) is 101 cm³/mol. The summed E-state index contributed by atoms with van der Waals surface area (Å²) in [5.74, 6) is 2.10. The summed E-state index contributed by atoms with van der Waals surface area (Å²) in [6.45, 7) is 1.22. The maximum atomic E-state index is 12.1. The van der Waals surface area contributed by atoms with Crippen molar-refractivity contribution in [3.63, 3.8) is 0 Å². The average molecular weight is 360 g/mol. The average Bonchev–Trinajstić information content (AvgIpc) is 2.68. The monoisotopic (exact) mass is 360 g/mol. The fraction of sp³-hybridized carbons (Fsp3) is 0.579. The van der Waals surface area contributed by atoms with Gasteiger partial charge in [0.15, 0.2) is 17.5 Å². The molecular weight excluding hydrogens is 332 g/mol. The van der Waals surface area contributed by atoms with Gasteiger partial charge in [-0.05, 0) is 25.0 Å². The number of guanidine groups is 1. The Hall–Kier alpha value is -2.44. The second-order valence-corrected chi connectivity index (χ2v) is 6.71. The number of ether oxygens (including phenoxy) is 2. The van der Waals surface area contributed by atoms with Gasteiger partial charge in [-0.3, -0.25) is 9.79 Å². The second-order valence-electron chi connectivity index (χ2n) is 6.71. The largest absolute Gasteiger partial charge is 0.486 e. The number of nitrogens with one attached hydrogen (secondary N) is 3. The third kappa shape index (κ3) is 5.28. The molecule has 1 amide bonds. The topological polar surface area (TPSA) is 84.0 Å². The first kappa shape index (κ1) is 18.4. The summed E-state index contributed by atoms with van der Waals surface area (Å²) in [7, 11) is 1.68. The van der Waals surface area contributed by atoms with Gasteiger partial charge in [0.1, 0.15) is 12.7 Å². The fourth-order valence-corrected chi connectivity index (χ4v) is 3.28. The normalized spacial score (nSPS) is 20.3. The molecule has 1 aliphatic heterocycles. The maximum Gasteiger partial charge on any atom is 0.239 e. The summed E-state index contributed by atoms with van der Waals surface area (Å²) in [6, 6.07) is 7.95. The lowest BCUT2D eigenvalue weighted by atomic mass is 9.95. The summed E-state index contributed by atoms with van der Waals surface area (Å²) in [5.41, 5.74) is 0. The van der Waals surface area contributed by atoms with Gasteiger partial charge in [-0.1, -0.05) is 31.4 Å². The van der Waals surface area contributed by atoms with E-state index < -0.39 is 0 Å². The highest BCUT2D eigenvalue weighted by Gasteiger charge is 2.21. The first-order valence-electron chi connectivity index (χ1n) is 9.37. The molecule has 142 valence electrons. The lowest BCUT2D eigenvalue weighted by molar-refractivity contribution is -0.120. The molecule has 0 spiro atoms. The number of carbonyl (C=O) groups excluding carboxylic acids is 1. The van der Waals surface area contributed by atoms with Gasteiger partial charge in [-0.15, -0.1) is 0 Å². The molecule has 3 N–H and O–H groups in total. The number of fused-ring (bicyclic) bond motifs is 1. The second kappa shape index (κ2) is 9.31. The Bertz CT molecular complexity index is 629. The highest BCUT2D eigenvalue weighted by Crippen LogP contribution is 2.30. The highest BCUT2D eigenvalue weighted by molar-refractivity contribution is 5.86. The summed E-state index contributed by atoms with van der Waals surface area (Å²) in [6.07, 6.45) is 5.74. The predicted octanol–water partition coefficient (Wildman–Crippen LogP) is 1.44. The number of amides is 1. The van der Waals surface area contributed by atoms with Crippen molar-refractivity contribution in [2.24, 2.45) is 4.99 Å². The molecule has 7 heteroatoms. The van der Waals surface area contributed by atoms with E-state index in [1.807, 2.05) is 24.3 Å². The minimum absolute atomic E-state index is 0.00558. The van der Waals surface area contributed by atoms with E-state index in [0.717, 1.165) is 24.3 Å². The third-order valence-electron chi connectivity index (χ3n) is 4.67. The molecule has 2 aliphatic rings. The highest BCUT2D eigenvalue weighted by atomic mass is 16.6. The number of carbonyl (C=O) groups is 1. The quantitative estimate of drug-likeness (QED) is 0.547. The zero-order chi connectivity index (χ0) is 18.2. The van der Waals surface area contributed by atoms with Crippen LogP contribution in [0.4, 0.5) is 0 Å². The molecule has 1 aliphatic carbocycles. The fourth-order valence-electron chi connectivity index (χ4n) is 3.28. The number of nitrogens with zero attached hydrogens (tertiary/aromatic N) is 1. The van der Waals surface area contributed by atoms with Gasteiger partial charge in [-0.25, -0.2) is 0 Å². The van der Waals surface area contributed by atoms with Crippen LogP contribution < -0.4 is 25.4 Å². The van der Waals surface area contributed by atoms with Crippen LogP contribution in [0.25, 0.3) is 0 Å². The van der Waals surface area contributed by atoms with Crippen molar-refractivity contribution >= 4 is 11.9 Å². The first-order chi connectivity index (χ1) is 12.7. The molecular formula is C19H28N4O3. The number of para-hydroxylation sites is 2. The molecule has 1 unspecified atom stereocenters. The van der Waals surface area contributed by atoms with Gasteiger partial charge in [0, 0.05) is 13.1 Å². The van der Waals surface area contributed by atoms with Gasteiger partial charge < -0.3 is 25.4 Å². The zero-order valence-corrected chi connectivity index (χ0v) is 15.3. The number of rotatable bonds is 5. The maximum absolute atomic E-state index is 12.1. The zero-order valence-electron chi connectivity index (χ0n) is 15.3. The lowest BCUT2D eigenvalue weighted by Crippen LogP contribution is -2.48. The van der Waals surface area contributed by atoms with Crippen molar-refractivity contribution in [1.82, 2.24) is 16.0 Å². The van der Waals surface area contributed by atoms with Gasteiger partial charge in [0.05, 0.1) is 13.1 Å². The smallest absolute Gasteiger partial charge is 0.239 e. The Morgan fingerprint density at radius 1 is 1.15 bits per heavy atom. The Morgan fingerprint density at radius 2 is 1.92 bits per heavy atom. The van der Waals surface area contributed by atoms with E-state index in [1.165, 1.54) is 19.3 Å². The van der Waals surface area contributed by atoms with Crippen LogP contribution in [0.2, 0.25) is 0 Å². The molecule has 1 saturated carbocycles. The summed E-state index contributed by atoms with van der Waals surface area (Å²) < 4.78 is 11.6. The minimum atomic E-state index is -0.112. The van der Waals surface area contributed by atoms with Gasteiger partial charge in [0.25, 0.3) is 0 Å². The van der Waals surface area contributed by atoms with E-state index in [-0.39, 0.29) is 18.6 Å². The van der Waals surface area contributed by atoms with Gasteiger partial charge >= 0.3 is 0 Å². The minimum Gasteiger partial charge on any atom is -0.486 e. The van der Waals surface area contributed by atoms with E-state index in [0.29, 0.717) is 25.2 Å². The summed E-state index contributed by atoms with van der Waals surface area (Å²) >= 11 is 0. The van der Waals surface area contributed by atoms with Gasteiger partial charge in [-0.2, -0.15) is 0 Å². The van der Waals surface area contributed by atoms with Gasteiger partial charge in [0.2, 0.25) is 5.91 Å². The number of hydrogen-bond donors (Lipinski definition) is 3. The molecule has 26 heavy (non-hydrogen) atoms. The lowest BCUT2D eigenvalue weighted by Gasteiger charge is -2.27. The van der Waals surface area contributed by atoms with Crippen molar-refractivity contribution in [3.05, 3.63) is 24.3 Å². The summed E-state index contributed by atoms with van der Waals surface area (Å²) in [5, 5.41) is 9.32. The van der Waals surface area contributed by atoms with Crippen molar-refractivity contribution < 1.29 is 14.3 Å². The molecule has 1 aromatic rings. The van der Waals surface area contributed by atoms with Crippen LogP contribution in [0, 0.1) is 0 Å². The van der Waals surface area contributed by atoms with E-state index in [4.69, 9.17) is 9.47 Å².